The molecule has 24 heavy (non-hydrogen) atoms. The van der Waals surface area contributed by atoms with Crippen LogP contribution in [0.1, 0.15) is 38.5 Å². The van der Waals surface area contributed by atoms with Crippen molar-refractivity contribution in [3.05, 3.63) is 24.3 Å². The molecule has 128 valence electrons. The Balaban J connectivity index is 1.44. The Bertz CT molecular complexity index is 646. The first-order chi connectivity index (χ1) is 11.7. The van der Waals surface area contributed by atoms with Gasteiger partial charge in [-0.1, -0.05) is 12.8 Å². The molecular weight excluding hydrogens is 316 g/mol. The summed E-state index contributed by atoms with van der Waals surface area (Å²) >= 11 is 2.03. The molecule has 7 atom stereocenters. The van der Waals surface area contributed by atoms with Gasteiger partial charge < -0.3 is 11.1 Å². The van der Waals surface area contributed by atoms with Crippen LogP contribution in [0.5, 0.6) is 0 Å². The van der Waals surface area contributed by atoms with Crippen molar-refractivity contribution in [3.8, 4) is 0 Å². The molecular formula is C20H26N2OS. The van der Waals surface area contributed by atoms with Crippen LogP contribution < -0.4 is 11.1 Å². The molecule has 1 amide bonds. The van der Waals surface area contributed by atoms with E-state index in [0.717, 1.165) is 29.9 Å². The molecule has 0 spiro atoms. The number of fused-ring (bicyclic) bond motifs is 3. The van der Waals surface area contributed by atoms with Crippen molar-refractivity contribution in [3.63, 3.8) is 0 Å². The number of amides is 1. The Kier molecular flexibility index (Phi) is 3.58. The van der Waals surface area contributed by atoms with Gasteiger partial charge in [-0.05, 0) is 73.1 Å². The lowest BCUT2D eigenvalue weighted by Crippen LogP contribution is -2.45. The summed E-state index contributed by atoms with van der Waals surface area (Å²) in [5, 5.41) is 4.02. The Morgan fingerprint density at radius 2 is 1.83 bits per heavy atom. The largest absolute Gasteiger partial charge is 0.399 e. The second-order valence-corrected chi connectivity index (χ2v) is 9.59. The first-order valence-corrected chi connectivity index (χ1v) is 10.4. The lowest BCUT2D eigenvalue weighted by Gasteiger charge is -2.45. The van der Waals surface area contributed by atoms with Crippen molar-refractivity contribution < 1.29 is 4.79 Å². The second kappa shape index (κ2) is 5.69. The summed E-state index contributed by atoms with van der Waals surface area (Å²) in [7, 11) is 0. The summed E-state index contributed by atoms with van der Waals surface area (Å²) < 4.78 is 0. The number of carbonyl (C=O) groups excluding carboxylic acids is 1. The molecule has 0 aromatic heterocycles. The number of hydrogen-bond donors (Lipinski definition) is 2. The molecule has 5 rings (SSSR count). The summed E-state index contributed by atoms with van der Waals surface area (Å²) in [5.74, 6) is 4.16. The monoisotopic (exact) mass is 342 g/mol. The van der Waals surface area contributed by atoms with Gasteiger partial charge in [-0.25, -0.2) is 0 Å². The lowest BCUT2D eigenvalue weighted by molar-refractivity contribution is -0.120. The number of anilines is 1. The van der Waals surface area contributed by atoms with Crippen molar-refractivity contribution in [1.29, 1.82) is 0 Å². The molecule has 4 heteroatoms. The van der Waals surface area contributed by atoms with Crippen LogP contribution in [0.2, 0.25) is 0 Å². The van der Waals surface area contributed by atoms with Gasteiger partial charge in [-0.15, -0.1) is 11.8 Å². The Morgan fingerprint density at radius 3 is 2.67 bits per heavy atom. The van der Waals surface area contributed by atoms with E-state index in [9.17, 15) is 4.79 Å². The van der Waals surface area contributed by atoms with E-state index in [-0.39, 0.29) is 0 Å². The fraction of sp³-hybridized carbons (Fsp3) is 0.650. The molecule has 1 heterocycles. The lowest BCUT2D eigenvalue weighted by atomic mass is 9.63. The predicted octanol–water partition coefficient (Wildman–Crippen LogP) is 3.69. The molecule has 3 saturated carbocycles. The minimum atomic E-state index is 0.299. The third-order valence-corrected chi connectivity index (χ3v) is 8.59. The quantitative estimate of drug-likeness (QED) is 0.806. The number of thioether (sulfide) groups is 1. The standard InChI is InChI=1S/C20H26N2OS/c21-12-5-7-13(8-6-12)24-16-9-4-11-2-1-3-14-15-10-17(23)22-20(15)19(16)18(11)14/h5-8,11,14-16,18-20H,1-4,9-10,21H2,(H,22,23). The highest BCUT2D eigenvalue weighted by Crippen LogP contribution is 2.61. The molecule has 1 aromatic rings. The van der Waals surface area contributed by atoms with Gasteiger partial charge >= 0.3 is 0 Å². The maximum Gasteiger partial charge on any atom is 0.220 e. The third kappa shape index (κ3) is 2.29. The molecule has 1 aliphatic heterocycles. The normalized spacial score (nSPS) is 43.2. The van der Waals surface area contributed by atoms with Crippen LogP contribution in [0.15, 0.2) is 29.2 Å². The zero-order valence-electron chi connectivity index (χ0n) is 14.0. The van der Waals surface area contributed by atoms with Crippen molar-refractivity contribution in [2.45, 2.75) is 54.7 Å². The summed E-state index contributed by atoms with van der Waals surface area (Å²) in [6.07, 6.45) is 7.63. The van der Waals surface area contributed by atoms with Crippen LogP contribution in [0, 0.1) is 29.6 Å². The molecule has 3 nitrogen and oxygen atoms in total. The van der Waals surface area contributed by atoms with Gasteiger partial charge in [0.05, 0.1) is 0 Å². The van der Waals surface area contributed by atoms with Crippen molar-refractivity contribution in [2.24, 2.45) is 29.6 Å². The van der Waals surface area contributed by atoms with E-state index in [0.29, 0.717) is 29.0 Å². The molecule has 0 radical (unpaired) electrons. The van der Waals surface area contributed by atoms with Crippen LogP contribution in [0.3, 0.4) is 0 Å². The van der Waals surface area contributed by atoms with Gasteiger partial charge in [0.15, 0.2) is 0 Å². The first kappa shape index (κ1) is 15.1. The summed E-state index contributed by atoms with van der Waals surface area (Å²) in [6.45, 7) is 0. The maximum absolute atomic E-state index is 12.1. The number of benzene rings is 1. The Labute approximate surface area is 148 Å². The molecule has 3 N–H and O–H groups in total. The topological polar surface area (TPSA) is 55.1 Å². The van der Waals surface area contributed by atoms with Crippen molar-refractivity contribution in [1.82, 2.24) is 5.32 Å². The fourth-order valence-electron chi connectivity index (χ4n) is 6.43. The number of rotatable bonds is 2. The van der Waals surface area contributed by atoms with Gasteiger partial charge in [-0.2, -0.15) is 0 Å². The van der Waals surface area contributed by atoms with Gasteiger partial charge in [0.1, 0.15) is 0 Å². The minimum Gasteiger partial charge on any atom is -0.399 e. The highest BCUT2D eigenvalue weighted by molar-refractivity contribution is 8.00. The average molecular weight is 343 g/mol. The third-order valence-electron chi connectivity index (χ3n) is 7.19. The predicted molar refractivity (Wildman–Crippen MR) is 97.6 cm³/mol. The van der Waals surface area contributed by atoms with Crippen LogP contribution in [0.25, 0.3) is 0 Å². The zero-order valence-corrected chi connectivity index (χ0v) is 14.8. The van der Waals surface area contributed by atoms with Crippen LogP contribution in [0.4, 0.5) is 5.69 Å². The number of nitrogens with two attached hydrogens (primary N) is 1. The van der Waals surface area contributed by atoms with E-state index in [4.69, 9.17) is 5.73 Å². The molecule has 7 unspecified atom stereocenters. The van der Waals surface area contributed by atoms with Gasteiger partial charge in [0.25, 0.3) is 0 Å². The smallest absolute Gasteiger partial charge is 0.220 e. The first-order valence-electron chi connectivity index (χ1n) is 9.52. The number of nitrogens with one attached hydrogen (secondary N) is 1. The summed E-state index contributed by atoms with van der Waals surface area (Å²) in [5.41, 5.74) is 6.67. The van der Waals surface area contributed by atoms with E-state index in [2.05, 4.69) is 17.4 Å². The van der Waals surface area contributed by atoms with Crippen molar-refractivity contribution >= 4 is 23.4 Å². The Hall–Kier alpha value is -1.16. The summed E-state index contributed by atoms with van der Waals surface area (Å²) in [6, 6.07) is 8.77. The molecule has 4 fully saturated rings. The number of nitrogen functional groups attached to an aromatic ring is 1. The van der Waals surface area contributed by atoms with E-state index >= 15 is 0 Å². The highest BCUT2D eigenvalue weighted by atomic mass is 32.2. The zero-order chi connectivity index (χ0) is 16.3. The van der Waals surface area contributed by atoms with Crippen LogP contribution in [-0.4, -0.2) is 17.2 Å². The number of hydrogen-bond acceptors (Lipinski definition) is 3. The van der Waals surface area contributed by atoms with E-state index < -0.39 is 0 Å². The van der Waals surface area contributed by atoms with E-state index in [1.165, 1.54) is 37.0 Å². The second-order valence-electron chi connectivity index (χ2n) is 8.27. The van der Waals surface area contributed by atoms with Crippen LogP contribution >= 0.6 is 11.8 Å². The minimum absolute atomic E-state index is 0.299. The maximum atomic E-state index is 12.1. The molecule has 1 aromatic carbocycles. The van der Waals surface area contributed by atoms with E-state index in [1.54, 1.807) is 0 Å². The Morgan fingerprint density at radius 1 is 1.00 bits per heavy atom. The van der Waals surface area contributed by atoms with Gasteiger partial charge in [0.2, 0.25) is 5.91 Å². The van der Waals surface area contributed by atoms with Gasteiger partial charge in [-0.3, -0.25) is 4.79 Å². The molecule has 3 aliphatic carbocycles. The fourth-order valence-corrected chi connectivity index (χ4v) is 7.83. The van der Waals surface area contributed by atoms with Gasteiger partial charge in [0, 0.05) is 28.3 Å². The molecule has 4 aliphatic rings. The van der Waals surface area contributed by atoms with Crippen molar-refractivity contribution in [2.75, 3.05) is 5.73 Å². The average Bonchev–Trinajstić information content (AvgIpc) is 3.10. The SMILES string of the molecule is Nc1ccc(SC2CCC3CCCC4C5CC(=O)NC5C2C34)cc1. The van der Waals surface area contributed by atoms with Crippen LogP contribution in [-0.2, 0) is 4.79 Å². The highest BCUT2D eigenvalue weighted by Gasteiger charge is 2.60. The molecule has 1 saturated heterocycles. The molecule has 0 bridgehead atoms. The number of carbonyl (C=O) groups is 1. The van der Waals surface area contributed by atoms with E-state index in [1.807, 2.05) is 23.9 Å². The summed E-state index contributed by atoms with van der Waals surface area (Å²) in [4.78, 5) is 13.4.